The number of carboxylic acids is 1. The molecule has 0 aliphatic heterocycles. The summed E-state index contributed by atoms with van der Waals surface area (Å²) in [5.74, 6) is -1.58. The summed E-state index contributed by atoms with van der Waals surface area (Å²) < 4.78 is 30.9. The first-order valence-corrected chi connectivity index (χ1v) is 12.6. The smallest absolute Gasteiger partial charge is 0.318 e. The highest BCUT2D eigenvalue weighted by Gasteiger charge is 2.42. The number of carbonyl (C=O) groups is 1. The van der Waals surface area contributed by atoms with E-state index in [1.807, 2.05) is 50.2 Å². The maximum absolute atomic E-state index is 13.8. The molecule has 0 spiro atoms. The average molecular weight is 482 g/mol. The molecule has 2 atom stereocenters. The van der Waals surface area contributed by atoms with Crippen molar-refractivity contribution in [1.82, 2.24) is 4.98 Å². The second-order valence-electron chi connectivity index (χ2n) is 8.40. The van der Waals surface area contributed by atoms with Crippen molar-refractivity contribution in [1.29, 1.82) is 0 Å². The van der Waals surface area contributed by atoms with Crippen molar-refractivity contribution in [3.8, 4) is 22.5 Å². The molecule has 0 fully saturated rings. The lowest BCUT2D eigenvalue weighted by atomic mass is 9.72. The third-order valence-corrected chi connectivity index (χ3v) is 7.10. The molecule has 0 radical (unpaired) electrons. The molecule has 1 heterocycles. The van der Waals surface area contributed by atoms with Gasteiger partial charge in [0.05, 0.1) is 11.4 Å². The monoisotopic (exact) mass is 481 g/mol. The zero-order valence-electron chi connectivity index (χ0n) is 19.5. The molecule has 0 bridgehead atoms. The molecule has 1 N–H and O–H groups in total. The molecule has 7 heteroatoms. The van der Waals surface area contributed by atoms with Gasteiger partial charge in [0.15, 0.2) is 8.03 Å². The van der Waals surface area contributed by atoms with Gasteiger partial charge < -0.3 is 9.63 Å². The molecule has 3 rings (SSSR count). The van der Waals surface area contributed by atoms with Gasteiger partial charge in [-0.05, 0) is 48.2 Å². The molecule has 0 saturated heterocycles. The van der Waals surface area contributed by atoms with E-state index < -0.39 is 25.2 Å². The maximum atomic E-state index is 13.8. The first-order chi connectivity index (χ1) is 16.2. The van der Waals surface area contributed by atoms with E-state index in [4.69, 9.17) is 9.51 Å². The van der Waals surface area contributed by atoms with Crippen LogP contribution >= 0.6 is 8.03 Å². The molecule has 3 aromatic rings. The first kappa shape index (κ1) is 25.5. The summed E-state index contributed by atoms with van der Waals surface area (Å²) in [6.07, 6.45) is 1.48. The Hall–Kier alpha value is -3.08. The summed E-state index contributed by atoms with van der Waals surface area (Å²) in [4.78, 5) is 17.7. The molecule has 0 aliphatic rings. The zero-order valence-corrected chi connectivity index (χ0v) is 20.5. The van der Waals surface area contributed by atoms with Crippen molar-refractivity contribution in [2.45, 2.75) is 31.6 Å². The molecule has 0 saturated carbocycles. The van der Waals surface area contributed by atoms with Crippen LogP contribution in [0.3, 0.4) is 0 Å². The van der Waals surface area contributed by atoms with Crippen LogP contribution in [-0.4, -0.2) is 29.3 Å². The molecule has 178 valence electrons. The Bertz CT molecular complexity index is 1200. The standard InChI is InChI=1S/C27H29FNO4P/c1-5-27(26(30)31,15-16-34(32)33-4)24-22(18(2)3)17-23(19-9-7-6-8-10-19)29-25(24)20-11-13-21(28)14-12-20/h5-14,17-18,34H,1,15-16H2,2-4H3,(H,30,31). The van der Waals surface area contributed by atoms with E-state index in [-0.39, 0.29) is 18.5 Å². The molecule has 34 heavy (non-hydrogen) atoms. The second kappa shape index (κ2) is 10.9. The van der Waals surface area contributed by atoms with Crippen LogP contribution in [0.2, 0.25) is 0 Å². The lowest BCUT2D eigenvalue weighted by Gasteiger charge is -2.32. The molecule has 1 aromatic heterocycles. The second-order valence-corrected chi connectivity index (χ2v) is 10.1. The fraction of sp³-hybridized carbons (Fsp3) is 0.259. The largest absolute Gasteiger partial charge is 0.480 e. The quantitative estimate of drug-likeness (QED) is 0.258. The lowest BCUT2D eigenvalue weighted by Crippen LogP contribution is -2.36. The van der Waals surface area contributed by atoms with E-state index in [1.165, 1.54) is 25.3 Å². The fourth-order valence-corrected chi connectivity index (χ4v) is 4.90. The number of benzene rings is 2. The van der Waals surface area contributed by atoms with E-state index in [0.717, 1.165) is 11.1 Å². The van der Waals surface area contributed by atoms with Gasteiger partial charge in [0, 0.05) is 30.0 Å². The highest BCUT2D eigenvalue weighted by Crippen LogP contribution is 2.44. The summed E-state index contributed by atoms with van der Waals surface area (Å²) in [6.45, 7) is 7.83. The van der Waals surface area contributed by atoms with Gasteiger partial charge in [-0.3, -0.25) is 9.36 Å². The van der Waals surface area contributed by atoms with E-state index in [2.05, 4.69) is 6.58 Å². The van der Waals surface area contributed by atoms with Crippen molar-refractivity contribution in [2.75, 3.05) is 13.3 Å². The van der Waals surface area contributed by atoms with E-state index in [1.54, 1.807) is 12.1 Å². The number of halogens is 1. The molecule has 2 unspecified atom stereocenters. The van der Waals surface area contributed by atoms with Crippen LogP contribution in [-0.2, 0) is 19.3 Å². The van der Waals surface area contributed by atoms with Crippen LogP contribution in [0.15, 0.2) is 73.3 Å². The minimum Gasteiger partial charge on any atom is -0.480 e. The Morgan fingerprint density at radius 2 is 1.82 bits per heavy atom. The summed E-state index contributed by atoms with van der Waals surface area (Å²) in [5.41, 5.74) is 2.27. The molecule has 0 amide bonds. The Balaban J connectivity index is 2.41. The number of rotatable bonds is 10. The minimum absolute atomic E-state index is 0.0255. The number of nitrogens with zero attached hydrogens (tertiary/aromatic N) is 1. The summed E-state index contributed by atoms with van der Waals surface area (Å²) in [5, 5.41) is 10.5. The van der Waals surface area contributed by atoms with Crippen molar-refractivity contribution in [3.05, 3.63) is 90.3 Å². The normalized spacial score (nSPS) is 13.9. The molecule has 0 aliphatic carbocycles. The molecule has 5 nitrogen and oxygen atoms in total. The third-order valence-electron chi connectivity index (χ3n) is 5.99. The van der Waals surface area contributed by atoms with Gasteiger partial charge >= 0.3 is 5.97 Å². The van der Waals surface area contributed by atoms with Crippen LogP contribution in [0, 0.1) is 5.82 Å². The number of hydrogen-bond acceptors (Lipinski definition) is 4. The SMILES string of the molecule is C=CC(CC[PH](=O)OC)(C(=O)O)c1c(C(C)C)cc(-c2ccccc2)nc1-c1ccc(F)cc1. The van der Waals surface area contributed by atoms with Crippen LogP contribution in [0.25, 0.3) is 22.5 Å². The molecular weight excluding hydrogens is 452 g/mol. The number of carboxylic acid groups (broad SMARTS) is 1. The number of aliphatic carboxylic acids is 1. The van der Waals surface area contributed by atoms with Gasteiger partial charge in [-0.25, -0.2) is 9.37 Å². The number of aromatic nitrogens is 1. The van der Waals surface area contributed by atoms with Crippen LogP contribution in [0.5, 0.6) is 0 Å². The lowest BCUT2D eigenvalue weighted by molar-refractivity contribution is -0.142. The number of pyridine rings is 1. The summed E-state index contributed by atoms with van der Waals surface area (Å²) in [6, 6.07) is 17.3. The Kier molecular flexibility index (Phi) is 8.19. The van der Waals surface area contributed by atoms with Crippen LogP contribution in [0.1, 0.15) is 37.3 Å². The van der Waals surface area contributed by atoms with Crippen molar-refractivity contribution >= 4 is 14.0 Å². The van der Waals surface area contributed by atoms with Crippen molar-refractivity contribution in [3.63, 3.8) is 0 Å². The molecule has 2 aromatic carbocycles. The van der Waals surface area contributed by atoms with Gasteiger partial charge in [-0.2, -0.15) is 0 Å². The summed E-state index contributed by atoms with van der Waals surface area (Å²) >= 11 is 0. The van der Waals surface area contributed by atoms with Crippen LogP contribution < -0.4 is 0 Å². The van der Waals surface area contributed by atoms with Gasteiger partial charge in [0.2, 0.25) is 0 Å². The Labute approximate surface area is 200 Å². The molecular formula is C27H29FNO4P. The average Bonchev–Trinajstić information content (AvgIpc) is 2.85. The first-order valence-electron chi connectivity index (χ1n) is 11.0. The van der Waals surface area contributed by atoms with Gasteiger partial charge in [0.1, 0.15) is 11.2 Å². The minimum atomic E-state index is -2.41. The van der Waals surface area contributed by atoms with Gasteiger partial charge in [-0.1, -0.05) is 50.3 Å². The predicted octanol–water partition coefficient (Wildman–Crippen LogP) is 6.70. The van der Waals surface area contributed by atoms with Gasteiger partial charge in [-0.15, -0.1) is 6.58 Å². The van der Waals surface area contributed by atoms with Crippen molar-refractivity contribution < 1.29 is 23.4 Å². The summed E-state index contributed by atoms with van der Waals surface area (Å²) in [7, 11) is -1.06. The topological polar surface area (TPSA) is 76.5 Å². The Morgan fingerprint density at radius 1 is 1.18 bits per heavy atom. The fourth-order valence-electron chi connectivity index (χ4n) is 4.09. The van der Waals surface area contributed by atoms with E-state index >= 15 is 0 Å². The zero-order chi connectivity index (χ0) is 24.9. The predicted molar refractivity (Wildman–Crippen MR) is 134 cm³/mol. The van der Waals surface area contributed by atoms with E-state index in [9.17, 15) is 18.9 Å². The van der Waals surface area contributed by atoms with Crippen LogP contribution in [0.4, 0.5) is 4.39 Å². The van der Waals surface area contributed by atoms with Crippen molar-refractivity contribution in [2.24, 2.45) is 0 Å². The van der Waals surface area contributed by atoms with E-state index in [0.29, 0.717) is 22.5 Å². The highest BCUT2D eigenvalue weighted by atomic mass is 31.1. The highest BCUT2D eigenvalue weighted by molar-refractivity contribution is 7.39. The maximum Gasteiger partial charge on any atom is 0.318 e. The number of hydrogen-bond donors (Lipinski definition) is 1. The Morgan fingerprint density at radius 3 is 2.35 bits per heavy atom. The third kappa shape index (κ3) is 5.19. The van der Waals surface area contributed by atoms with Gasteiger partial charge in [0.25, 0.3) is 0 Å².